The minimum atomic E-state index is -0.0232. The Kier molecular flexibility index (Phi) is 5.65. The van der Waals surface area contributed by atoms with Gasteiger partial charge in [-0.1, -0.05) is 53.0 Å². The van der Waals surface area contributed by atoms with E-state index in [0.29, 0.717) is 32.8 Å². The van der Waals surface area contributed by atoms with Crippen LogP contribution in [0.15, 0.2) is 47.5 Å². The van der Waals surface area contributed by atoms with Crippen LogP contribution in [0.1, 0.15) is 16.7 Å². The number of carbonyl (C=O) groups is 1. The van der Waals surface area contributed by atoms with E-state index in [1.807, 2.05) is 37.3 Å². The molecular weight excluding hydrogens is 379 g/mol. The molecule has 0 unspecified atom stereocenters. The highest BCUT2D eigenvalue weighted by Crippen LogP contribution is 2.26. The lowest BCUT2D eigenvalue weighted by Crippen LogP contribution is -2.21. The van der Waals surface area contributed by atoms with Crippen molar-refractivity contribution >= 4 is 52.7 Å². The Morgan fingerprint density at radius 2 is 1.40 bits per heavy atom. The lowest BCUT2D eigenvalue weighted by molar-refractivity contribution is -0.114. The maximum absolute atomic E-state index is 12.7. The zero-order valence-electron chi connectivity index (χ0n) is 13.5. The molecule has 0 bridgehead atoms. The van der Waals surface area contributed by atoms with Crippen LogP contribution in [0.2, 0.25) is 15.1 Å². The number of ether oxygens (including phenoxy) is 1. The van der Waals surface area contributed by atoms with Crippen molar-refractivity contribution < 1.29 is 9.53 Å². The van der Waals surface area contributed by atoms with Gasteiger partial charge in [-0.15, -0.1) is 0 Å². The van der Waals surface area contributed by atoms with Crippen molar-refractivity contribution in [2.45, 2.75) is 6.92 Å². The van der Waals surface area contributed by atoms with E-state index in [4.69, 9.17) is 39.5 Å². The minimum Gasteiger partial charge on any atom is -0.372 e. The standard InChI is InChI=1S/C20H15Cl3O2/c1-12-6-13(2-4-17(12)21)7-15-10-25-11-16(20(15)24)8-14-3-5-18(22)19(23)9-14/h2-9H,10-11H2,1H3/b15-7+,16-8+. The highest BCUT2D eigenvalue weighted by Gasteiger charge is 2.21. The lowest BCUT2D eigenvalue weighted by atomic mass is 9.97. The number of ketones is 1. The van der Waals surface area contributed by atoms with Crippen LogP contribution in [-0.2, 0) is 9.53 Å². The molecule has 0 saturated carbocycles. The normalized spacial score (nSPS) is 18.2. The molecule has 5 heteroatoms. The SMILES string of the molecule is Cc1cc(/C=C2\COC/C(=C\c3ccc(Cl)c(Cl)c3)C2=O)ccc1Cl. The second-order valence-electron chi connectivity index (χ2n) is 5.84. The van der Waals surface area contributed by atoms with Crippen molar-refractivity contribution in [3.63, 3.8) is 0 Å². The van der Waals surface area contributed by atoms with Gasteiger partial charge in [-0.2, -0.15) is 0 Å². The first-order valence-corrected chi connectivity index (χ1v) is 8.82. The molecule has 0 radical (unpaired) electrons. The molecule has 0 atom stereocenters. The van der Waals surface area contributed by atoms with E-state index in [9.17, 15) is 4.79 Å². The summed E-state index contributed by atoms with van der Waals surface area (Å²) in [5, 5.41) is 1.63. The summed E-state index contributed by atoms with van der Waals surface area (Å²) in [7, 11) is 0. The van der Waals surface area contributed by atoms with Gasteiger partial charge in [0.2, 0.25) is 0 Å². The van der Waals surface area contributed by atoms with Crippen LogP contribution in [-0.4, -0.2) is 19.0 Å². The zero-order chi connectivity index (χ0) is 18.0. The van der Waals surface area contributed by atoms with Gasteiger partial charge in [0.1, 0.15) is 0 Å². The first-order valence-electron chi connectivity index (χ1n) is 7.69. The fourth-order valence-corrected chi connectivity index (χ4v) is 3.01. The largest absolute Gasteiger partial charge is 0.372 e. The fraction of sp³-hybridized carbons (Fsp3) is 0.150. The summed E-state index contributed by atoms with van der Waals surface area (Å²) in [6, 6.07) is 10.9. The number of hydrogen-bond donors (Lipinski definition) is 0. The molecular formula is C20H15Cl3O2. The molecule has 0 amide bonds. The summed E-state index contributed by atoms with van der Waals surface area (Å²) in [6.45, 7) is 2.49. The number of halogens is 3. The van der Waals surface area contributed by atoms with Crippen LogP contribution < -0.4 is 0 Å². The quantitative estimate of drug-likeness (QED) is 0.583. The van der Waals surface area contributed by atoms with Crippen molar-refractivity contribution in [2.75, 3.05) is 13.2 Å². The van der Waals surface area contributed by atoms with Crippen molar-refractivity contribution in [3.8, 4) is 0 Å². The van der Waals surface area contributed by atoms with E-state index in [1.54, 1.807) is 18.2 Å². The Morgan fingerprint density at radius 1 is 0.840 bits per heavy atom. The molecule has 2 aromatic rings. The third kappa shape index (κ3) is 4.34. The second-order valence-corrected chi connectivity index (χ2v) is 7.06. The molecule has 0 aliphatic carbocycles. The molecule has 0 aromatic heterocycles. The molecule has 128 valence electrons. The van der Waals surface area contributed by atoms with Gasteiger partial charge in [0, 0.05) is 16.2 Å². The third-order valence-electron chi connectivity index (χ3n) is 3.91. The predicted octanol–water partition coefficient (Wildman–Crippen LogP) is 6.02. The van der Waals surface area contributed by atoms with Crippen LogP contribution >= 0.6 is 34.8 Å². The van der Waals surface area contributed by atoms with Crippen LogP contribution in [0.4, 0.5) is 0 Å². The summed E-state index contributed by atoms with van der Waals surface area (Å²) < 4.78 is 5.57. The summed E-state index contributed by atoms with van der Waals surface area (Å²) in [5.74, 6) is -0.0232. The third-order valence-corrected chi connectivity index (χ3v) is 5.07. The Hall–Kier alpha value is -1.58. The minimum absolute atomic E-state index is 0.0232. The molecule has 1 saturated heterocycles. The van der Waals surface area contributed by atoms with Gasteiger partial charge in [-0.05, 0) is 54.0 Å². The van der Waals surface area contributed by atoms with Crippen LogP contribution in [0.3, 0.4) is 0 Å². The first kappa shape index (κ1) is 18.2. The molecule has 0 spiro atoms. The molecule has 3 rings (SSSR count). The monoisotopic (exact) mass is 392 g/mol. The zero-order valence-corrected chi connectivity index (χ0v) is 15.8. The highest BCUT2D eigenvalue weighted by molar-refractivity contribution is 6.42. The Morgan fingerprint density at radius 3 is 1.96 bits per heavy atom. The molecule has 1 aliphatic heterocycles. The average Bonchev–Trinajstić information content (AvgIpc) is 2.58. The van der Waals surface area contributed by atoms with Gasteiger partial charge in [0.25, 0.3) is 0 Å². The van der Waals surface area contributed by atoms with E-state index in [0.717, 1.165) is 16.7 Å². The molecule has 0 N–H and O–H groups in total. The van der Waals surface area contributed by atoms with E-state index < -0.39 is 0 Å². The average molecular weight is 394 g/mol. The summed E-state index contributed by atoms with van der Waals surface area (Å²) in [4.78, 5) is 12.7. The van der Waals surface area contributed by atoms with Crippen molar-refractivity contribution in [1.29, 1.82) is 0 Å². The summed E-state index contributed by atoms with van der Waals surface area (Å²) >= 11 is 18.0. The van der Waals surface area contributed by atoms with Gasteiger partial charge in [-0.3, -0.25) is 4.79 Å². The van der Waals surface area contributed by atoms with Crippen molar-refractivity contribution in [2.24, 2.45) is 0 Å². The molecule has 1 fully saturated rings. The first-order chi connectivity index (χ1) is 11.9. The molecule has 1 heterocycles. The lowest BCUT2D eigenvalue weighted by Gasteiger charge is -2.17. The van der Waals surface area contributed by atoms with Gasteiger partial charge < -0.3 is 4.74 Å². The van der Waals surface area contributed by atoms with Gasteiger partial charge in [-0.25, -0.2) is 0 Å². The number of Topliss-reactive ketones (excluding diaryl/α,β-unsaturated/α-hetero) is 1. The van der Waals surface area contributed by atoms with Crippen LogP contribution in [0.25, 0.3) is 12.2 Å². The Balaban J connectivity index is 1.89. The van der Waals surface area contributed by atoms with E-state index in [-0.39, 0.29) is 12.4 Å². The van der Waals surface area contributed by atoms with E-state index >= 15 is 0 Å². The number of rotatable bonds is 2. The Labute approximate surface area is 161 Å². The van der Waals surface area contributed by atoms with Gasteiger partial charge >= 0.3 is 0 Å². The number of hydrogen-bond acceptors (Lipinski definition) is 2. The molecule has 1 aliphatic rings. The fourth-order valence-electron chi connectivity index (χ4n) is 2.58. The van der Waals surface area contributed by atoms with Crippen LogP contribution in [0, 0.1) is 6.92 Å². The van der Waals surface area contributed by atoms with E-state index in [1.165, 1.54) is 0 Å². The smallest absolute Gasteiger partial charge is 0.189 e. The summed E-state index contributed by atoms with van der Waals surface area (Å²) in [6.07, 6.45) is 3.62. The summed E-state index contributed by atoms with van der Waals surface area (Å²) in [5.41, 5.74) is 3.89. The molecule has 2 aromatic carbocycles. The van der Waals surface area contributed by atoms with Gasteiger partial charge in [0.15, 0.2) is 5.78 Å². The van der Waals surface area contributed by atoms with E-state index in [2.05, 4.69) is 0 Å². The Bertz CT molecular complexity index is 826. The maximum atomic E-state index is 12.7. The molecule has 2 nitrogen and oxygen atoms in total. The second kappa shape index (κ2) is 7.76. The van der Waals surface area contributed by atoms with Crippen LogP contribution in [0.5, 0.6) is 0 Å². The van der Waals surface area contributed by atoms with Crippen molar-refractivity contribution in [3.05, 3.63) is 79.3 Å². The van der Waals surface area contributed by atoms with Gasteiger partial charge in [0.05, 0.1) is 23.3 Å². The predicted molar refractivity (Wildman–Crippen MR) is 104 cm³/mol. The number of aryl methyl sites for hydroxylation is 1. The number of benzene rings is 2. The highest BCUT2D eigenvalue weighted by atomic mass is 35.5. The number of carbonyl (C=O) groups excluding carboxylic acids is 1. The van der Waals surface area contributed by atoms with Crippen molar-refractivity contribution in [1.82, 2.24) is 0 Å². The molecule has 25 heavy (non-hydrogen) atoms. The maximum Gasteiger partial charge on any atom is 0.189 e. The topological polar surface area (TPSA) is 26.3 Å².